The maximum absolute atomic E-state index is 12.4. The SMILES string of the molecule is Cc1nnc(NC(=O)N2CCCC[C@@H]2c2ncc[nH]2)s1. The summed E-state index contributed by atoms with van der Waals surface area (Å²) in [6, 6.07) is -0.130. The molecule has 2 aromatic rings. The summed E-state index contributed by atoms with van der Waals surface area (Å²) in [6.07, 6.45) is 6.55. The molecule has 0 unspecified atom stereocenters. The Morgan fingerprint density at radius 2 is 2.40 bits per heavy atom. The number of piperidine rings is 1. The third-order valence-electron chi connectivity index (χ3n) is 3.34. The lowest BCUT2D eigenvalue weighted by Crippen LogP contribution is -2.41. The largest absolute Gasteiger partial charge is 0.347 e. The van der Waals surface area contributed by atoms with E-state index < -0.39 is 0 Å². The van der Waals surface area contributed by atoms with Crippen LogP contribution in [0.5, 0.6) is 0 Å². The van der Waals surface area contributed by atoms with Crippen molar-refractivity contribution >= 4 is 22.5 Å². The van der Waals surface area contributed by atoms with Gasteiger partial charge in [-0.15, -0.1) is 10.2 Å². The quantitative estimate of drug-likeness (QED) is 0.889. The molecule has 8 heteroatoms. The number of aromatic amines is 1. The Kier molecular flexibility index (Phi) is 3.64. The number of urea groups is 1. The topological polar surface area (TPSA) is 86.8 Å². The number of imidazole rings is 1. The van der Waals surface area contributed by atoms with E-state index in [1.807, 2.05) is 11.8 Å². The summed E-state index contributed by atoms with van der Waals surface area (Å²) in [7, 11) is 0. The molecule has 3 rings (SSSR count). The average molecular weight is 292 g/mol. The normalized spacial score (nSPS) is 19.1. The van der Waals surface area contributed by atoms with Gasteiger partial charge in [-0.25, -0.2) is 9.78 Å². The zero-order valence-electron chi connectivity index (χ0n) is 11.2. The monoisotopic (exact) mass is 292 g/mol. The molecule has 1 fully saturated rings. The van der Waals surface area contributed by atoms with Gasteiger partial charge in [-0.05, 0) is 26.2 Å². The fourth-order valence-corrected chi connectivity index (χ4v) is 3.01. The van der Waals surface area contributed by atoms with Gasteiger partial charge in [0.2, 0.25) is 5.13 Å². The van der Waals surface area contributed by atoms with Crippen molar-refractivity contribution in [3.8, 4) is 0 Å². The van der Waals surface area contributed by atoms with Crippen LogP contribution in [-0.2, 0) is 0 Å². The van der Waals surface area contributed by atoms with Crippen LogP contribution in [0.2, 0.25) is 0 Å². The van der Waals surface area contributed by atoms with Crippen molar-refractivity contribution in [3.05, 3.63) is 23.2 Å². The first kappa shape index (κ1) is 13.0. The molecule has 3 heterocycles. The van der Waals surface area contributed by atoms with Gasteiger partial charge in [-0.2, -0.15) is 0 Å². The van der Waals surface area contributed by atoms with Gasteiger partial charge in [0, 0.05) is 18.9 Å². The highest BCUT2D eigenvalue weighted by atomic mass is 32.1. The van der Waals surface area contributed by atoms with Crippen molar-refractivity contribution in [3.63, 3.8) is 0 Å². The van der Waals surface area contributed by atoms with Crippen LogP contribution in [0.4, 0.5) is 9.93 Å². The molecule has 7 nitrogen and oxygen atoms in total. The average Bonchev–Trinajstić information content (AvgIpc) is 3.10. The number of amides is 2. The number of nitrogens with zero attached hydrogens (tertiary/aromatic N) is 4. The molecule has 0 radical (unpaired) electrons. The van der Waals surface area contributed by atoms with Gasteiger partial charge in [-0.3, -0.25) is 5.32 Å². The number of rotatable bonds is 2. The van der Waals surface area contributed by atoms with Crippen molar-refractivity contribution in [1.82, 2.24) is 25.1 Å². The van der Waals surface area contributed by atoms with Gasteiger partial charge in [0.05, 0.1) is 6.04 Å². The predicted molar refractivity (Wildman–Crippen MR) is 75.6 cm³/mol. The van der Waals surface area contributed by atoms with Crippen LogP contribution in [0.25, 0.3) is 0 Å². The zero-order valence-corrected chi connectivity index (χ0v) is 12.0. The molecule has 20 heavy (non-hydrogen) atoms. The van der Waals surface area contributed by atoms with Crippen molar-refractivity contribution in [2.24, 2.45) is 0 Å². The van der Waals surface area contributed by atoms with Gasteiger partial charge in [0.1, 0.15) is 10.8 Å². The van der Waals surface area contributed by atoms with E-state index in [4.69, 9.17) is 0 Å². The Hall–Kier alpha value is -1.96. The standard InChI is InChI=1S/C12H16N6OS/c1-8-16-17-11(20-8)15-12(19)18-7-3-2-4-9(18)10-13-5-6-14-10/h5-6,9H,2-4,7H2,1H3,(H,13,14)(H,15,17,19)/t9-/m1/s1. The highest BCUT2D eigenvalue weighted by Crippen LogP contribution is 2.29. The molecule has 0 spiro atoms. The first-order valence-corrected chi connectivity index (χ1v) is 7.42. The van der Waals surface area contributed by atoms with Crippen LogP contribution in [0.15, 0.2) is 12.4 Å². The lowest BCUT2D eigenvalue weighted by Gasteiger charge is -2.34. The maximum Gasteiger partial charge on any atom is 0.324 e. The van der Waals surface area contributed by atoms with E-state index in [2.05, 4.69) is 25.5 Å². The minimum absolute atomic E-state index is 0.00719. The fraction of sp³-hybridized carbons (Fsp3) is 0.500. The Bertz CT molecular complexity index is 581. The Morgan fingerprint density at radius 1 is 1.50 bits per heavy atom. The molecule has 2 N–H and O–H groups in total. The summed E-state index contributed by atoms with van der Waals surface area (Å²) >= 11 is 1.37. The molecule has 2 amide bonds. The number of H-pyrrole nitrogens is 1. The third kappa shape index (κ3) is 2.64. The number of aryl methyl sites for hydroxylation is 1. The Labute approximate surface area is 120 Å². The summed E-state index contributed by atoms with van der Waals surface area (Å²) in [5, 5.41) is 12.0. The first-order valence-electron chi connectivity index (χ1n) is 6.61. The van der Waals surface area contributed by atoms with E-state index in [-0.39, 0.29) is 12.1 Å². The van der Waals surface area contributed by atoms with Gasteiger partial charge in [0.15, 0.2) is 0 Å². The number of aromatic nitrogens is 4. The van der Waals surface area contributed by atoms with Crippen LogP contribution in [-0.4, -0.2) is 37.6 Å². The molecule has 106 valence electrons. The van der Waals surface area contributed by atoms with Crippen LogP contribution < -0.4 is 5.32 Å². The number of hydrogen-bond donors (Lipinski definition) is 2. The lowest BCUT2D eigenvalue weighted by atomic mass is 10.0. The lowest BCUT2D eigenvalue weighted by molar-refractivity contribution is 0.160. The first-order chi connectivity index (χ1) is 9.74. The number of carbonyl (C=O) groups is 1. The maximum atomic E-state index is 12.4. The van der Waals surface area contributed by atoms with E-state index in [1.165, 1.54) is 11.3 Å². The third-order valence-corrected chi connectivity index (χ3v) is 4.09. The Morgan fingerprint density at radius 3 is 3.10 bits per heavy atom. The molecule has 1 saturated heterocycles. The molecular formula is C12H16N6OS. The molecule has 2 aromatic heterocycles. The minimum Gasteiger partial charge on any atom is -0.347 e. The molecule has 1 aliphatic rings. The van der Waals surface area contributed by atoms with Crippen molar-refractivity contribution in [2.75, 3.05) is 11.9 Å². The molecule has 0 saturated carbocycles. The Balaban J connectivity index is 1.74. The van der Waals surface area contributed by atoms with E-state index >= 15 is 0 Å². The summed E-state index contributed by atoms with van der Waals surface area (Å²) in [5.74, 6) is 0.841. The van der Waals surface area contributed by atoms with Gasteiger partial charge < -0.3 is 9.88 Å². The summed E-state index contributed by atoms with van der Waals surface area (Å²) in [4.78, 5) is 21.6. The molecular weight excluding hydrogens is 276 g/mol. The molecule has 0 aliphatic carbocycles. The smallest absolute Gasteiger partial charge is 0.324 e. The molecule has 1 atom stereocenters. The van der Waals surface area contributed by atoms with Crippen LogP contribution in [0.1, 0.15) is 36.1 Å². The highest BCUT2D eigenvalue weighted by molar-refractivity contribution is 7.15. The number of anilines is 1. The molecule has 1 aliphatic heterocycles. The van der Waals surface area contributed by atoms with E-state index in [0.717, 1.165) is 36.6 Å². The van der Waals surface area contributed by atoms with Crippen molar-refractivity contribution < 1.29 is 4.79 Å². The van der Waals surface area contributed by atoms with Crippen molar-refractivity contribution in [2.45, 2.75) is 32.2 Å². The number of carbonyl (C=O) groups excluding carboxylic acids is 1. The number of likely N-dealkylation sites (tertiary alicyclic amines) is 1. The van der Waals surface area contributed by atoms with E-state index in [9.17, 15) is 4.79 Å². The summed E-state index contributed by atoms with van der Waals surface area (Å²) in [6.45, 7) is 2.59. The summed E-state index contributed by atoms with van der Waals surface area (Å²) < 4.78 is 0. The van der Waals surface area contributed by atoms with Crippen LogP contribution in [0.3, 0.4) is 0 Å². The van der Waals surface area contributed by atoms with Crippen molar-refractivity contribution in [1.29, 1.82) is 0 Å². The summed E-state index contributed by atoms with van der Waals surface area (Å²) in [5.41, 5.74) is 0. The predicted octanol–water partition coefficient (Wildman–Crippen LogP) is 2.33. The second-order valence-corrected chi connectivity index (χ2v) is 5.92. The van der Waals surface area contributed by atoms with E-state index in [1.54, 1.807) is 12.4 Å². The van der Waals surface area contributed by atoms with Gasteiger partial charge >= 0.3 is 6.03 Å². The molecule has 0 aromatic carbocycles. The van der Waals surface area contributed by atoms with Gasteiger partial charge in [-0.1, -0.05) is 11.3 Å². The number of nitrogens with one attached hydrogen (secondary N) is 2. The second-order valence-electron chi connectivity index (χ2n) is 4.74. The second kappa shape index (κ2) is 5.58. The van der Waals surface area contributed by atoms with Crippen LogP contribution >= 0.6 is 11.3 Å². The highest BCUT2D eigenvalue weighted by Gasteiger charge is 2.30. The number of hydrogen-bond acceptors (Lipinski definition) is 5. The fourth-order valence-electron chi connectivity index (χ4n) is 2.43. The van der Waals surface area contributed by atoms with Gasteiger partial charge in [0.25, 0.3) is 0 Å². The van der Waals surface area contributed by atoms with E-state index in [0.29, 0.717) is 5.13 Å². The molecule has 0 bridgehead atoms. The zero-order chi connectivity index (χ0) is 13.9. The van der Waals surface area contributed by atoms with Crippen LogP contribution in [0, 0.1) is 6.92 Å². The minimum atomic E-state index is -0.137.